The van der Waals surface area contributed by atoms with Crippen molar-refractivity contribution in [2.24, 2.45) is 5.92 Å². The molecule has 1 fully saturated rings. The number of aryl methyl sites for hydroxylation is 1. The van der Waals surface area contributed by atoms with Gasteiger partial charge in [0.25, 0.3) is 0 Å². The number of nitrogens with one attached hydrogen (secondary N) is 1. The maximum absolute atomic E-state index is 13.5. The SMILES string of the molecule is Cc1cc(NC(=O)C2C(c3ccc(F)c(Cl)c3)C2(Cl)Cl)cc(C(=O)Cc2ccccc2)c1Cl. The largest absolute Gasteiger partial charge is 0.326 e. The van der Waals surface area contributed by atoms with Gasteiger partial charge in [0.2, 0.25) is 5.91 Å². The van der Waals surface area contributed by atoms with Crippen LogP contribution in [-0.2, 0) is 11.2 Å². The first kappa shape index (κ1) is 24.0. The summed E-state index contributed by atoms with van der Waals surface area (Å²) in [4.78, 5) is 25.9. The Morgan fingerprint density at radius 2 is 1.73 bits per heavy atom. The van der Waals surface area contributed by atoms with Gasteiger partial charge in [-0.3, -0.25) is 9.59 Å². The van der Waals surface area contributed by atoms with Crippen LogP contribution in [-0.4, -0.2) is 16.0 Å². The lowest BCUT2D eigenvalue weighted by Gasteiger charge is -2.12. The smallest absolute Gasteiger partial charge is 0.231 e. The van der Waals surface area contributed by atoms with Gasteiger partial charge in [0.15, 0.2) is 5.78 Å². The summed E-state index contributed by atoms with van der Waals surface area (Å²) in [6, 6.07) is 16.7. The highest BCUT2D eigenvalue weighted by Gasteiger charge is 2.67. The molecule has 3 nitrogen and oxygen atoms in total. The molecule has 0 aliphatic heterocycles. The van der Waals surface area contributed by atoms with E-state index in [9.17, 15) is 14.0 Å². The standard InChI is InChI=1S/C25H18Cl4FNO2/c1-13-9-16(12-17(23(13)27)20(32)10-14-5-3-2-4-6-14)31-24(33)22-21(25(22,28)29)15-7-8-19(30)18(26)11-15/h2-9,11-12,21-22H,10H2,1H3,(H,31,33). The van der Waals surface area contributed by atoms with E-state index >= 15 is 0 Å². The van der Waals surface area contributed by atoms with Gasteiger partial charge in [0.05, 0.1) is 16.0 Å². The molecule has 170 valence electrons. The number of ketones is 1. The Morgan fingerprint density at radius 3 is 2.39 bits per heavy atom. The van der Waals surface area contributed by atoms with Gasteiger partial charge in [0.1, 0.15) is 10.2 Å². The molecule has 1 aliphatic carbocycles. The molecule has 3 aromatic rings. The third-order valence-electron chi connectivity index (χ3n) is 5.67. The second kappa shape index (κ2) is 9.27. The van der Waals surface area contributed by atoms with Gasteiger partial charge < -0.3 is 5.32 Å². The van der Waals surface area contributed by atoms with Gasteiger partial charge in [0, 0.05) is 23.6 Å². The molecule has 0 heterocycles. The number of halogens is 5. The minimum Gasteiger partial charge on any atom is -0.326 e. The first-order valence-corrected chi connectivity index (χ1v) is 11.6. The lowest BCUT2D eigenvalue weighted by atomic mass is 10.0. The van der Waals surface area contributed by atoms with Crippen molar-refractivity contribution in [3.63, 3.8) is 0 Å². The Labute approximate surface area is 210 Å². The van der Waals surface area contributed by atoms with Crippen LogP contribution in [0.5, 0.6) is 0 Å². The molecule has 1 aliphatic rings. The van der Waals surface area contributed by atoms with Gasteiger partial charge in [-0.05, 0) is 47.9 Å². The zero-order valence-electron chi connectivity index (χ0n) is 17.3. The summed E-state index contributed by atoms with van der Waals surface area (Å²) in [6.07, 6.45) is 0.180. The maximum Gasteiger partial charge on any atom is 0.231 e. The number of amides is 1. The number of rotatable bonds is 6. The quantitative estimate of drug-likeness (QED) is 0.270. The number of carbonyl (C=O) groups is 2. The van der Waals surface area contributed by atoms with E-state index in [4.69, 9.17) is 46.4 Å². The van der Waals surface area contributed by atoms with Gasteiger partial charge in [-0.2, -0.15) is 0 Å². The van der Waals surface area contributed by atoms with Crippen LogP contribution in [0, 0.1) is 18.7 Å². The zero-order chi connectivity index (χ0) is 23.9. The molecule has 8 heteroatoms. The van der Waals surface area contributed by atoms with Crippen LogP contribution in [0.25, 0.3) is 0 Å². The number of benzene rings is 3. The van der Waals surface area contributed by atoms with Crippen molar-refractivity contribution < 1.29 is 14.0 Å². The van der Waals surface area contributed by atoms with Crippen molar-refractivity contribution >= 4 is 63.8 Å². The normalized spacial score (nSPS) is 18.6. The van der Waals surface area contributed by atoms with E-state index in [0.717, 1.165) is 5.56 Å². The molecule has 3 aromatic carbocycles. The Kier molecular flexibility index (Phi) is 6.75. The summed E-state index contributed by atoms with van der Waals surface area (Å²) in [7, 11) is 0. The summed E-state index contributed by atoms with van der Waals surface area (Å²) < 4.78 is 12.2. The summed E-state index contributed by atoms with van der Waals surface area (Å²) in [5.74, 6) is -2.48. The maximum atomic E-state index is 13.5. The molecular weight excluding hydrogens is 507 g/mol. The summed E-state index contributed by atoms with van der Waals surface area (Å²) in [6.45, 7) is 1.76. The van der Waals surface area contributed by atoms with Crippen molar-refractivity contribution in [1.29, 1.82) is 0 Å². The molecule has 1 amide bonds. The van der Waals surface area contributed by atoms with Crippen LogP contribution in [0.15, 0.2) is 60.7 Å². The number of hydrogen-bond donors (Lipinski definition) is 1. The van der Waals surface area contributed by atoms with E-state index in [1.54, 1.807) is 19.1 Å². The molecule has 0 spiro atoms. The van der Waals surface area contributed by atoms with E-state index in [1.807, 2.05) is 30.3 Å². The van der Waals surface area contributed by atoms with E-state index in [1.165, 1.54) is 18.2 Å². The lowest BCUT2D eigenvalue weighted by molar-refractivity contribution is -0.117. The Bertz CT molecular complexity index is 1250. The van der Waals surface area contributed by atoms with Gasteiger partial charge in [-0.25, -0.2) is 4.39 Å². The van der Waals surface area contributed by atoms with Crippen molar-refractivity contribution in [1.82, 2.24) is 0 Å². The van der Waals surface area contributed by atoms with Crippen molar-refractivity contribution in [2.75, 3.05) is 5.32 Å². The molecule has 2 unspecified atom stereocenters. The molecule has 2 atom stereocenters. The number of hydrogen-bond acceptors (Lipinski definition) is 2. The predicted octanol–water partition coefficient (Wildman–Crippen LogP) is 7.39. The van der Waals surface area contributed by atoms with Crippen LogP contribution >= 0.6 is 46.4 Å². The van der Waals surface area contributed by atoms with Crippen molar-refractivity contribution in [3.05, 3.63) is 98.8 Å². The fraction of sp³-hybridized carbons (Fsp3) is 0.200. The summed E-state index contributed by atoms with van der Waals surface area (Å²) in [5, 5.41) is 3.05. The minimum absolute atomic E-state index is 0.0717. The Balaban J connectivity index is 1.54. The first-order chi connectivity index (χ1) is 15.6. The first-order valence-electron chi connectivity index (χ1n) is 10.1. The second-order valence-corrected chi connectivity index (χ2v) is 10.3. The van der Waals surface area contributed by atoms with Crippen LogP contribution < -0.4 is 5.32 Å². The molecular formula is C25H18Cl4FNO2. The Morgan fingerprint density at radius 1 is 1.03 bits per heavy atom. The topological polar surface area (TPSA) is 46.2 Å². The van der Waals surface area contributed by atoms with Crippen LogP contribution in [0.1, 0.15) is 33.0 Å². The van der Waals surface area contributed by atoms with Crippen molar-refractivity contribution in [2.45, 2.75) is 23.6 Å². The van der Waals surface area contributed by atoms with E-state index in [-0.39, 0.29) is 17.2 Å². The average molecular weight is 525 g/mol. The van der Waals surface area contributed by atoms with E-state index in [0.29, 0.717) is 27.4 Å². The number of Topliss-reactive ketones (excluding diaryl/α,β-unsaturated/α-hetero) is 1. The monoisotopic (exact) mass is 523 g/mol. The summed E-state index contributed by atoms with van der Waals surface area (Å²) >= 11 is 25.0. The van der Waals surface area contributed by atoms with Gasteiger partial charge >= 0.3 is 0 Å². The lowest BCUT2D eigenvalue weighted by Crippen LogP contribution is -2.18. The minimum atomic E-state index is -1.36. The molecule has 0 radical (unpaired) electrons. The van der Waals surface area contributed by atoms with Gasteiger partial charge in [-0.1, -0.05) is 59.6 Å². The number of carbonyl (C=O) groups excluding carboxylic acids is 2. The van der Waals surface area contributed by atoms with E-state index < -0.39 is 27.9 Å². The third-order valence-corrected chi connectivity index (χ3v) is 7.40. The van der Waals surface area contributed by atoms with Crippen LogP contribution in [0.3, 0.4) is 0 Å². The molecule has 1 N–H and O–H groups in total. The highest BCUT2D eigenvalue weighted by molar-refractivity contribution is 6.53. The molecule has 33 heavy (non-hydrogen) atoms. The average Bonchev–Trinajstić information content (AvgIpc) is 3.35. The molecule has 0 saturated heterocycles. The molecule has 0 aromatic heterocycles. The fourth-order valence-corrected chi connectivity index (χ4v) is 5.15. The fourth-order valence-electron chi connectivity index (χ4n) is 3.91. The van der Waals surface area contributed by atoms with Gasteiger partial charge in [-0.15, -0.1) is 23.2 Å². The molecule has 4 rings (SSSR count). The predicted molar refractivity (Wildman–Crippen MR) is 131 cm³/mol. The van der Waals surface area contributed by atoms with Crippen molar-refractivity contribution in [3.8, 4) is 0 Å². The Hall–Kier alpha value is -2.11. The number of anilines is 1. The highest BCUT2D eigenvalue weighted by atomic mass is 35.5. The van der Waals surface area contributed by atoms with Crippen LogP contribution in [0.2, 0.25) is 10.0 Å². The van der Waals surface area contributed by atoms with E-state index in [2.05, 4.69) is 5.32 Å². The van der Waals surface area contributed by atoms with Crippen LogP contribution in [0.4, 0.5) is 10.1 Å². The highest BCUT2D eigenvalue weighted by Crippen LogP contribution is 2.65. The number of alkyl halides is 2. The second-order valence-electron chi connectivity index (χ2n) is 8.03. The zero-order valence-corrected chi connectivity index (χ0v) is 20.4. The third kappa shape index (κ3) is 4.90. The summed E-state index contributed by atoms with van der Waals surface area (Å²) in [5.41, 5.74) is 2.80. The molecule has 1 saturated carbocycles. The molecule has 0 bridgehead atoms.